The van der Waals surface area contributed by atoms with Crippen molar-refractivity contribution in [3.63, 3.8) is 0 Å². The Labute approximate surface area is 252 Å². The van der Waals surface area contributed by atoms with Crippen LogP contribution in [-0.4, -0.2) is 12.2 Å². The summed E-state index contributed by atoms with van der Waals surface area (Å²) in [5.41, 5.74) is 7.00. The number of hydrogen-bond donors (Lipinski definition) is 1. The van der Waals surface area contributed by atoms with Gasteiger partial charge in [0, 0.05) is 5.56 Å². The normalized spacial score (nSPS) is 23.7. The lowest BCUT2D eigenvalue weighted by molar-refractivity contribution is 0.414. The highest BCUT2D eigenvalue weighted by molar-refractivity contribution is 5.47. The van der Waals surface area contributed by atoms with Gasteiger partial charge in [-0.05, 0) is 127 Å². The van der Waals surface area contributed by atoms with Crippen LogP contribution >= 0.6 is 0 Å². The van der Waals surface area contributed by atoms with Crippen molar-refractivity contribution in [2.75, 3.05) is 7.11 Å². The fraction of sp³-hybridized carbons (Fsp3) is 0.450. The predicted molar refractivity (Wildman–Crippen MR) is 176 cm³/mol. The molecular weight excluding hydrogens is 512 g/mol. The molecule has 4 unspecified atom stereocenters. The zero-order valence-electron chi connectivity index (χ0n) is 25.7. The molecule has 2 nitrogen and oxygen atoms in total. The Morgan fingerprint density at radius 1 is 0.810 bits per heavy atom. The molecular formula is C40H48O2. The highest BCUT2D eigenvalue weighted by atomic mass is 16.5. The lowest BCUT2D eigenvalue weighted by atomic mass is 9.90. The molecule has 0 heterocycles. The van der Waals surface area contributed by atoms with E-state index in [0.29, 0.717) is 11.7 Å². The molecule has 3 aliphatic rings. The van der Waals surface area contributed by atoms with Crippen LogP contribution in [0.3, 0.4) is 0 Å². The molecule has 220 valence electrons. The number of allylic oxidation sites excluding steroid dienone is 2. The second-order valence-electron chi connectivity index (χ2n) is 13.1. The molecule has 3 aromatic rings. The topological polar surface area (TPSA) is 29.5 Å². The van der Waals surface area contributed by atoms with Crippen LogP contribution in [0.4, 0.5) is 0 Å². The van der Waals surface area contributed by atoms with Crippen LogP contribution in [-0.2, 0) is 12.8 Å². The zero-order chi connectivity index (χ0) is 28.9. The minimum absolute atomic E-state index is 0.415. The van der Waals surface area contributed by atoms with Crippen molar-refractivity contribution in [3.8, 4) is 11.5 Å². The molecule has 3 aliphatic carbocycles. The monoisotopic (exact) mass is 560 g/mol. The number of aromatic hydroxyl groups is 1. The summed E-state index contributed by atoms with van der Waals surface area (Å²) >= 11 is 0. The van der Waals surface area contributed by atoms with Gasteiger partial charge >= 0.3 is 0 Å². The maximum Gasteiger partial charge on any atom is 0.119 e. The maximum atomic E-state index is 10.8. The zero-order valence-corrected chi connectivity index (χ0v) is 25.7. The number of methoxy groups -OCH3 is 1. The van der Waals surface area contributed by atoms with Gasteiger partial charge in [0.2, 0.25) is 0 Å². The molecule has 0 bridgehead atoms. The van der Waals surface area contributed by atoms with Crippen molar-refractivity contribution in [2.45, 2.75) is 95.8 Å². The van der Waals surface area contributed by atoms with E-state index in [1.54, 1.807) is 23.8 Å². The Kier molecular flexibility index (Phi) is 9.18. The van der Waals surface area contributed by atoms with Crippen LogP contribution in [0.25, 0.3) is 12.2 Å². The first-order chi connectivity index (χ1) is 20.6. The van der Waals surface area contributed by atoms with Crippen LogP contribution in [0.5, 0.6) is 11.5 Å². The summed E-state index contributed by atoms with van der Waals surface area (Å²) in [4.78, 5) is 0. The van der Waals surface area contributed by atoms with Crippen LogP contribution < -0.4 is 15.2 Å². The molecule has 0 spiro atoms. The molecule has 42 heavy (non-hydrogen) atoms. The summed E-state index contributed by atoms with van der Waals surface area (Å²) in [6.07, 6.45) is 21.6. The fourth-order valence-electron chi connectivity index (χ4n) is 7.60. The van der Waals surface area contributed by atoms with Crippen LogP contribution in [0.1, 0.15) is 105 Å². The van der Waals surface area contributed by atoms with Crippen molar-refractivity contribution in [1.82, 2.24) is 0 Å². The Bertz CT molecular complexity index is 1490. The number of benzene rings is 3. The smallest absolute Gasteiger partial charge is 0.119 e. The van der Waals surface area contributed by atoms with Gasteiger partial charge in [-0.2, -0.15) is 0 Å². The standard InChI is InChI=1S/C40H48O2/c1-3-28-6-4-8-31(15-10-28)32-16-18-34(19-17-32)39-27-35(39)26-30-7-5-9-33-20-25-40(41)38(37(33)23-14-30)24-13-29-11-21-36(42-2)22-12-29/h7,9,11-12,16-23,25,28,31,35,39,41H,3-6,8,10,13-15,24,26-27H2,1-2H3. The molecule has 6 rings (SSSR count). The molecule has 3 aromatic carbocycles. The SMILES string of the molecule is CCC1CCCC(c2ccc(C3CC3CC3=CCC=c4ccc(O)c(CCc5ccc(OC)cc5)c4=CC3)cc2)CC1. The van der Waals surface area contributed by atoms with E-state index in [0.717, 1.165) is 54.7 Å². The summed E-state index contributed by atoms with van der Waals surface area (Å²) in [6, 6.07) is 22.0. The number of rotatable bonds is 9. The Balaban J connectivity index is 1.08. The molecule has 2 heteroatoms. The Hall–Kier alpha value is -3.26. The van der Waals surface area contributed by atoms with Crippen LogP contribution in [0.2, 0.25) is 0 Å². The van der Waals surface area contributed by atoms with Gasteiger partial charge in [0.05, 0.1) is 7.11 Å². The molecule has 0 radical (unpaired) electrons. The largest absolute Gasteiger partial charge is 0.508 e. The summed E-state index contributed by atoms with van der Waals surface area (Å²) in [5.74, 6) is 4.48. The lowest BCUT2D eigenvalue weighted by Gasteiger charge is -2.16. The number of phenolic OH excluding ortho intramolecular Hbond substituents is 1. The van der Waals surface area contributed by atoms with Crippen LogP contribution in [0, 0.1) is 11.8 Å². The number of phenols is 1. The Morgan fingerprint density at radius 3 is 2.40 bits per heavy atom. The molecule has 0 aromatic heterocycles. The average Bonchev–Trinajstić information content (AvgIpc) is 3.82. The second kappa shape index (κ2) is 13.4. The molecule has 2 saturated carbocycles. The van der Waals surface area contributed by atoms with E-state index in [2.05, 4.69) is 67.6 Å². The first kappa shape index (κ1) is 28.8. The average molecular weight is 561 g/mol. The van der Waals surface area contributed by atoms with Gasteiger partial charge in [-0.1, -0.05) is 92.5 Å². The van der Waals surface area contributed by atoms with E-state index in [4.69, 9.17) is 4.74 Å². The molecule has 0 saturated heterocycles. The second-order valence-corrected chi connectivity index (χ2v) is 13.1. The summed E-state index contributed by atoms with van der Waals surface area (Å²) in [7, 11) is 1.70. The van der Waals surface area contributed by atoms with Crippen molar-refractivity contribution in [1.29, 1.82) is 0 Å². The quantitative estimate of drug-likeness (QED) is 0.209. The van der Waals surface area contributed by atoms with E-state index in [1.165, 1.54) is 67.4 Å². The number of fused-ring (bicyclic) bond motifs is 1. The number of aryl methyl sites for hydroxylation is 1. The number of hydrogen-bond acceptors (Lipinski definition) is 2. The highest BCUT2D eigenvalue weighted by Crippen LogP contribution is 2.51. The summed E-state index contributed by atoms with van der Waals surface area (Å²) in [6.45, 7) is 2.36. The van der Waals surface area contributed by atoms with E-state index in [9.17, 15) is 5.11 Å². The first-order valence-corrected chi connectivity index (χ1v) is 16.5. The summed E-state index contributed by atoms with van der Waals surface area (Å²) in [5, 5.41) is 13.3. The first-order valence-electron chi connectivity index (χ1n) is 16.5. The molecule has 4 atom stereocenters. The molecule has 0 aliphatic heterocycles. The lowest BCUT2D eigenvalue weighted by Crippen LogP contribution is -2.29. The fourth-order valence-corrected chi connectivity index (χ4v) is 7.60. The highest BCUT2D eigenvalue weighted by Gasteiger charge is 2.38. The predicted octanol–water partition coefficient (Wildman–Crippen LogP) is 8.73. The molecule has 1 N–H and O–H groups in total. The van der Waals surface area contributed by atoms with Gasteiger partial charge in [0.1, 0.15) is 11.5 Å². The van der Waals surface area contributed by atoms with Gasteiger partial charge in [0.25, 0.3) is 0 Å². The van der Waals surface area contributed by atoms with Gasteiger partial charge in [-0.15, -0.1) is 0 Å². The van der Waals surface area contributed by atoms with Crippen LogP contribution in [0.15, 0.2) is 72.3 Å². The van der Waals surface area contributed by atoms with Gasteiger partial charge in [0.15, 0.2) is 0 Å². The summed E-state index contributed by atoms with van der Waals surface area (Å²) < 4.78 is 5.31. The third-order valence-electron chi connectivity index (χ3n) is 10.5. The van der Waals surface area contributed by atoms with E-state index >= 15 is 0 Å². The maximum absolute atomic E-state index is 10.8. The van der Waals surface area contributed by atoms with Crippen molar-refractivity contribution in [2.24, 2.45) is 11.8 Å². The third-order valence-corrected chi connectivity index (χ3v) is 10.5. The van der Waals surface area contributed by atoms with Crippen molar-refractivity contribution < 1.29 is 9.84 Å². The molecule has 2 fully saturated rings. The van der Waals surface area contributed by atoms with E-state index in [-0.39, 0.29) is 0 Å². The van der Waals surface area contributed by atoms with Gasteiger partial charge in [-0.3, -0.25) is 0 Å². The van der Waals surface area contributed by atoms with Gasteiger partial charge in [-0.25, -0.2) is 0 Å². The minimum atomic E-state index is 0.415. The minimum Gasteiger partial charge on any atom is -0.508 e. The third kappa shape index (κ3) is 6.86. The van der Waals surface area contributed by atoms with E-state index in [1.807, 2.05) is 18.2 Å². The van der Waals surface area contributed by atoms with Crippen molar-refractivity contribution in [3.05, 3.63) is 105 Å². The Morgan fingerprint density at radius 2 is 1.62 bits per heavy atom. The number of ether oxygens (including phenoxy) is 1. The molecule has 0 amide bonds. The van der Waals surface area contributed by atoms with Gasteiger partial charge < -0.3 is 9.84 Å². The van der Waals surface area contributed by atoms with Crippen molar-refractivity contribution >= 4 is 12.2 Å². The van der Waals surface area contributed by atoms with E-state index < -0.39 is 0 Å².